The van der Waals surface area contributed by atoms with Gasteiger partial charge in [-0.05, 0) is 29.8 Å². The molecule has 0 aliphatic heterocycles. The summed E-state index contributed by atoms with van der Waals surface area (Å²) in [6.45, 7) is 0. The summed E-state index contributed by atoms with van der Waals surface area (Å²) in [5.74, 6) is -1.15. The van der Waals surface area contributed by atoms with Gasteiger partial charge in [-0.3, -0.25) is 4.79 Å². The Morgan fingerprint density at radius 3 is 2.26 bits per heavy atom. The predicted octanol–water partition coefficient (Wildman–Crippen LogP) is 3.32. The highest BCUT2D eigenvalue weighted by Crippen LogP contribution is 2.37. The summed E-state index contributed by atoms with van der Waals surface area (Å²) in [6.07, 6.45) is 6.09. The molecule has 0 fully saturated rings. The number of hydrogen-bond donors (Lipinski definition) is 3. The third kappa shape index (κ3) is 5.12. The van der Waals surface area contributed by atoms with Gasteiger partial charge < -0.3 is 25.0 Å². The Morgan fingerprint density at radius 2 is 1.67 bits per heavy atom. The molecule has 1 amide bonds. The number of hydrogen-bond acceptors (Lipinski definition) is 5. The molecule has 7 heteroatoms. The summed E-state index contributed by atoms with van der Waals surface area (Å²) in [5, 5.41) is 21.5. The Kier molecular flexibility index (Phi) is 6.60. The number of anilines is 1. The van der Waals surface area contributed by atoms with Crippen LogP contribution in [0.15, 0.2) is 54.6 Å². The average Bonchev–Trinajstić information content (AvgIpc) is 2.66. The number of aromatic hydroxyl groups is 1. The molecule has 2 aromatic rings. The van der Waals surface area contributed by atoms with Crippen LogP contribution in [0.2, 0.25) is 0 Å². The van der Waals surface area contributed by atoms with E-state index < -0.39 is 11.9 Å². The van der Waals surface area contributed by atoms with Gasteiger partial charge in [0.15, 0.2) is 11.5 Å². The summed E-state index contributed by atoms with van der Waals surface area (Å²) < 4.78 is 10.2. The first kappa shape index (κ1) is 19.6. The van der Waals surface area contributed by atoms with E-state index >= 15 is 0 Å². The van der Waals surface area contributed by atoms with Crippen LogP contribution in [0.3, 0.4) is 0 Å². The number of amides is 1. The van der Waals surface area contributed by atoms with Gasteiger partial charge in [-0.25, -0.2) is 4.79 Å². The van der Waals surface area contributed by atoms with E-state index in [9.17, 15) is 14.7 Å². The van der Waals surface area contributed by atoms with Crippen LogP contribution in [0.25, 0.3) is 6.08 Å². The monoisotopic (exact) mass is 369 g/mol. The number of carboxylic acid groups (broad SMARTS) is 1. The largest absolute Gasteiger partial charge is 0.502 e. The molecule has 7 nitrogen and oxygen atoms in total. The Bertz CT molecular complexity index is 876. The van der Waals surface area contributed by atoms with Crippen molar-refractivity contribution in [2.75, 3.05) is 19.5 Å². The molecule has 3 N–H and O–H groups in total. The molecule has 2 rings (SSSR count). The number of benzene rings is 2. The maximum absolute atomic E-state index is 11.9. The highest BCUT2D eigenvalue weighted by molar-refractivity contribution is 6.04. The van der Waals surface area contributed by atoms with Crippen LogP contribution in [0.1, 0.15) is 15.9 Å². The first-order valence-electron chi connectivity index (χ1n) is 7.89. The molecule has 0 saturated carbocycles. The zero-order valence-corrected chi connectivity index (χ0v) is 14.8. The third-order valence-corrected chi connectivity index (χ3v) is 3.56. The lowest BCUT2D eigenvalue weighted by molar-refractivity contribution is -0.111. The van der Waals surface area contributed by atoms with Gasteiger partial charge >= 0.3 is 5.97 Å². The van der Waals surface area contributed by atoms with Gasteiger partial charge in [0.05, 0.1) is 25.5 Å². The number of allylic oxidation sites excluding steroid dienone is 2. The van der Waals surface area contributed by atoms with Crippen molar-refractivity contribution >= 4 is 23.6 Å². The standard InChI is InChI=1S/C20H19NO6/c1-26-16-11-13(12-17(27-2)19(16)23)7-3-6-10-18(22)21-15-9-5-4-8-14(15)20(24)25/h3-12,23H,1-2H3,(H,21,22)(H,24,25)/b7-3+,10-6+. The van der Waals surface area contributed by atoms with Crippen LogP contribution < -0.4 is 14.8 Å². The number of para-hydroxylation sites is 1. The molecule has 27 heavy (non-hydrogen) atoms. The van der Waals surface area contributed by atoms with Gasteiger partial charge in [0, 0.05) is 6.08 Å². The Labute approximate surface area is 156 Å². The zero-order chi connectivity index (χ0) is 19.8. The van der Waals surface area contributed by atoms with Crippen molar-refractivity contribution in [2.24, 2.45) is 0 Å². The second-order valence-corrected chi connectivity index (χ2v) is 5.33. The molecule has 0 aliphatic carbocycles. The summed E-state index contributed by atoms with van der Waals surface area (Å²) in [7, 11) is 2.86. The molecule has 0 saturated heterocycles. The van der Waals surface area contributed by atoms with Crippen molar-refractivity contribution in [1.29, 1.82) is 0 Å². The van der Waals surface area contributed by atoms with E-state index in [1.165, 1.54) is 38.5 Å². The second kappa shape index (κ2) is 9.10. The fourth-order valence-corrected chi connectivity index (χ4v) is 2.27. The lowest BCUT2D eigenvalue weighted by Gasteiger charge is -2.09. The van der Waals surface area contributed by atoms with Gasteiger partial charge in [0.2, 0.25) is 11.7 Å². The number of aromatic carboxylic acids is 1. The molecule has 0 spiro atoms. The van der Waals surface area contributed by atoms with Crippen LogP contribution in [0.5, 0.6) is 17.2 Å². The molecule has 0 atom stereocenters. The van der Waals surface area contributed by atoms with E-state index in [1.807, 2.05) is 0 Å². The van der Waals surface area contributed by atoms with Crippen LogP contribution in [-0.2, 0) is 4.79 Å². The lowest BCUT2D eigenvalue weighted by Crippen LogP contribution is -2.11. The highest BCUT2D eigenvalue weighted by Gasteiger charge is 2.10. The number of ether oxygens (including phenoxy) is 2. The van der Waals surface area contributed by atoms with E-state index in [0.717, 1.165) is 0 Å². The number of methoxy groups -OCH3 is 2. The normalized spacial score (nSPS) is 10.9. The van der Waals surface area contributed by atoms with Gasteiger partial charge in [0.25, 0.3) is 0 Å². The summed E-state index contributed by atoms with van der Waals surface area (Å²) in [5.41, 5.74) is 0.928. The minimum absolute atomic E-state index is 0.0121. The van der Waals surface area contributed by atoms with Crippen molar-refractivity contribution in [3.05, 3.63) is 65.8 Å². The van der Waals surface area contributed by atoms with Gasteiger partial charge in [-0.15, -0.1) is 0 Å². The summed E-state index contributed by atoms with van der Waals surface area (Å²) >= 11 is 0. The Morgan fingerprint density at radius 1 is 1.04 bits per heavy atom. The van der Waals surface area contributed by atoms with Crippen molar-refractivity contribution < 1.29 is 29.3 Å². The lowest BCUT2D eigenvalue weighted by atomic mass is 10.1. The average molecular weight is 369 g/mol. The van der Waals surface area contributed by atoms with E-state index in [2.05, 4.69) is 5.32 Å². The van der Waals surface area contributed by atoms with Gasteiger partial charge in [-0.2, -0.15) is 0 Å². The van der Waals surface area contributed by atoms with Crippen LogP contribution in [-0.4, -0.2) is 36.3 Å². The number of carboxylic acids is 1. The highest BCUT2D eigenvalue weighted by atomic mass is 16.5. The van der Waals surface area contributed by atoms with Crippen LogP contribution in [0, 0.1) is 0 Å². The minimum Gasteiger partial charge on any atom is -0.502 e. The smallest absolute Gasteiger partial charge is 0.337 e. The Hall–Kier alpha value is -3.74. The molecular weight excluding hydrogens is 350 g/mol. The number of rotatable bonds is 7. The van der Waals surface area contributed by atoms with Crippen molar-refractivity contribution in [2.45, 2.75) is 0 Å². The minimum atomic E-state index is -1.12. The number of carbonyl (C=O) groups excluding carboxylic acids is 1. The van der Waals surface area contributed by atoms with E-state index in [1.54, 1.807) is 36.4 Å². The fraction of sp³-hybridized carbons (Fsp3) is 0.100. The molecule has 140 valence electrons. The molecular formula is C20H19NO6. The van der Waals surface area contributed by atoms with Crippen molar-refractivity contribution in [3.8, 4) is 17.2 Å². The fourth-order valence-electron chi connectivity index (χ4n) is 2.27. The van der Waals surface area contributed by atoms with E-state index in [-0.39, 0.29) is 28.5 Å². The van der Waals surface area contributed by atoms with Crippen LogP contribution in [0.4, 0.5) is 5.69 Å². The third-order valence-electron chi connectivity index (χ3n) is 3.56. The maximum atomic E-state index is 11.9. The topological polar surface area (TPSA) is 105 Å². The first-order chi connectivity index (χ1) is 13.0. The van der Waals surface area contributed by atoms with Crippen molar-refractivity contribution in [1.82, 2.24) is 0 Å². The number of nitrogens with one attached hydrogen (secondary N) is 1. The number of phenols is 1. The van der Waals surface area contributed by atoms with E-state index in [4.69, 9.17) is 14.6 Å². The van der Waals surface area contributed by atoms with Crippen LogP contribution >= 0.6 is 0 Å². The Balaban J connectivity index is 2.07. The van der Waals surface area contributed by atoms with Gasteiger partial charge in [-0.1, -0.05) is 30.4 Å². The summed E-state index contributed by atoms with van der Waals surface area (Å²) in [4.78, 5) is 23.1. The molecule has 2 aromatic carbocycles. The molecule has 0 unspecified atom stereocenters. The first-order valence-corrected chi connectivity index (χ1v) is 7.89. The summed E-state index contributed by atoms with van der Waals surface area (Å²) in [6, 6.07) is 9.37. The molecule has 0 aliphatic rings. The molecule has 0 bridgehead atoms. The van der Waals surface area contributed by atoms with Crippen molar-refractivity contribution in [3.63, 3.8) is 0 Å². The maximum Gasteiger partial charge on any atom is 0.337 e. The molecule has 0 radical (unpaired) electrons. The predicted molar refractivity (Wildman–Crippen MR) is 101 cm³/mol. The molecule has 0 aromatic heterocycles. The second-order valence-electron chi connectivity index (χ2n) is 5.33. The zero-order valence-electron chi connectivity index (χ0n) is 14.8. The number of carbonyl (C=O) groups is 2. The number of phenolic OH excluding ortho intramolecular Hbond substituents is 1. The SMILES string of the molecule is COc1cc(/C=C/C=C/C(=O)Nc2ccccc2C(=O)O)cc(OC)c1O. The molecule has 0 heterocycles. The quantitative estimate of drug-likeness (QED) is 0.511. The van der Waals surface area contributed by atoms with Gasteiger partial charge in [0.1, 0.15) is 0 Å². The van der Waals surface area contributed by atoms with E-state index in [0.29, 0.717) is 5.56 Å².